The largest absolute Gasteiger partial charge is 0.368 e. The lowest BCUT2D eigenvalue weighted by Gasteiger charge is -2.25. The van der Waals surface area contributed by atoms with Gasteiger partial charge in [0.15, 0.2) is 0 Å². The molecule has 0 spiro atoms. The molecule has 3 atom stereocenters. The molecule has 2 aliphatic carbocycles. The Morgan fingerprint density at radius 3 is 2.63 bits per heavy atom. The lowest BCUT2D eigenvalue weighted by atomic mass is 9.99. The first-order chi connectivity index (χ1) is 16.7. The molecule has 3 aliphatic rings. The van der Waals surface area contributed by atoms with Crippen molar-refractivity contribution in [2.45, 2.75) is 37.3 Å². The van der Waals surface area contributed by atoms with Gasteiger partial charge in [-0.25, -0.2) is 0 Å². The summed E-state index contributed by atoms with van der Waals surface area (Å²) in [5.74, 6) is -4.65. The van der Waals surface area contributed by atoms with E-state index in [9.17, 15) is 23.2 Å². The van der Waals surface area contributed by atoms with Gasteiger partial charge in [-0.2, -0.15) is 8.78 Å². The number of carbonyl (C=O) groups excluding carboxylic acids is 3. The average Bonchev–Trinajstić information content (AvgIpc) is 3.36. The van der Waals surface area contributed by atoms with E-state index in [1.165, 1.54) is 23.1 Å². The van der Waals surface area contributed by atoms with E-state index in [1.54, 1.807) is 24.3 Å². The van der Waals surface area contributed by atoms with Gasteiger partial charge in [-0.05, 0) is 35.1 Å². The second-order valence-electron chi connectivity index (χ2n) is 9.35. The molecule has 3 N–H and O–H groups in total. The summed E-state index contributed by atoms with van der Waals surface area (Å²) in [5.41, 5.74) is 14.8. The quantitative estimate of drug-likeness (QED) is 0.357. The molecule has 1 aliphatic heterocycles. The molecule has 1 saturated heterocycles. The molecular formula is C24H22F2N6O3. The third kappa shape index (κ3) is 3.68. The van der Waals surface area contributed by atoms with Crippen molar-refractivity contribution >= 4 is 17.7 Å². The molecule has 2 aromatic carbocycles. The fourth-order valence-electron chi connectivity index (χ4n) is 5.48. The Balaban J connectivity index is 1.24. The summed E-state index contributed by atoms with van der Waals surface area (Å²) < 4.78 is 29.4. The van der Waals surface area contributed by atoms with Gasteiger partial charge >= 0.3 is 0 Å². The van der Waals surface area contributed by atoms with Crippen LogP contribution in [0.3, 0.4) is 0 Å². The van der Waals surface area contributed by atoms with Gasteiger partial charge in [0.05, 0.1) is 13.0 Å². The molecule has 0 radical (unpaired) electrons. The van der Waals surface area contributed by atoms with Gasteiger partial charge in [-0.3, -0.25) is 14.4 Å². The SMILES string of the molecule is [N-]=[N+]=NC[C@@]12CC1N(C(=O)CNC(=O)Cc1ccc3c(c1)-c1ccccc1C3(F)F)[C@H](C(N)=O)C2. The predicted octanol–water partition coefficient (Wildman–Crippen LogP) is 2.62. The molecule has 5 rings (SSSR count). The molecule has 0 bridgehead atoms. The number of likely N-dealkylation sites (tertiary alicyclic amines) is 1. The van der Waals surface area contributed by atoms with Gasteiger partial charge in [0.1, 0.15) is 6.04 Å². The number of primary amides is 1. The molecular weight excluding hydrogens is 458 g/mol. The molecule has 1 unspecified atom stereocenters. The van der Waals surface area contributed by atoms with Gasteiger partial charge in [0.25, 0.3) is 5.92 Å². The first-order valence-electron chi connectivity index (χ1n) is 11.2. The Labute approximate surface area is 198 Å². The van der Waals surface area contributed by atoms with Crippen molar-refractivity contribution in [2.24, 2.45) is 16.3 Å². The van der Waals surface area contributed by atoms with E-state index in [-0.39, 0.29) is 36.7 Å². The normalized spacial score (nSPS) is 24.6. The lowest BCUT2D eigenvalue weighted by molar-refractivity contribution is -0.138. The highest BCUT2D eigenvalue weighted by molar-refractivity contribution is 5.91. The first kappa shape index (κ1) is 22.8. The first-order valence-corrected chi connectivity index (χ1v) is 11.2. The van der Waals surface area contributed by atoms with Crippen LogP contribution in [0.15, 0.2) is 47.6 Å². The number of amides is 3. The molecule has 2 aromatic rings. The number of nitrogens with one attached hydrogen (secondary N) is 1. The summed E-state index contributed by atoms with van der Waals surface area (Å²) in [7, 11) is 0. The van der Waals surface area contributed by atoms with Crippen LogP contribution in [0.1, 0.15) is 29.5 Å². The van der Waals surface area contributed by atoms with Crippen LogP contribution >= 0.6 is 0 Å². The summed E-state index contributed by atoms with van der Waals surface area (Å²) >= 11 is 0. The van der Waals surface area contributed by atoms with E-state index in [0.717, 1.165) is 0 Å². The van der Waals surface area contributed by atoms with Crippen LogP contribution in [-0.4, -0.2) is 47.8 Å². The number of nitrogens with two attached hydrogens (primary N) is 1. The van der Waals surface area contributed by atoms with E-state index in [4.69, 9.17) is 11.3 Å². The maximum Gasteiger partial charge on any atom is 0.299 e. The monoisotopic (exact) mass is 480 g/mol. The number of hydrogen-bond donors (Lipinski definition) is 2. The summed E-state index contributed by atoms with van der Waals surface area (Å²) in [6, 6.07) is 9.60. The number of rotatable bonds is 7. The number of halogens is 2. The smallest absolute Gasteiger partial charge is 0.299 e. The molecule has 2 fully saturated rings. The van der Waals surface area contributed by atoms with Crippen LogP contribution in [0, 0.1) is 5.41 Å². The topological polar surface area (TPSA) is 141 Å². The summed E-state index contributed by atoms with van der Waals surface area (Å²) in [5, 5.41) is 6.15. The van der Waals surface area contributed by atoms with E-state index in [0.29, 0.717) is 29.5 Å². The van der Waals surface area contributed by atoms with Gasteiger partial charge in [0, 0.05) is 34.0 Å². The molecule has 11 heteroatoms. The van der Waals surface area contributed by atoms with Crippen molar-refractivity contribution < 1.29 is 23.2 Å². The molecule has 0 aromatic heterocycles. The van der Waals surface area contributed by atoms with Crippen LogP contribution in [0.25, 0.3) is 21.6 Å². The van der Waals surface area contributed by atoms with Crippen molar-refractivity contribution in [3.8, 4) is 11.1 Å². The molecule has 1 saturated carbocycles. The van der Waals surface area contributed by atoms with Crippen molar-refractivity contribution in [3.05, 3.63) is 69.6 Å². The number of benzene rings is 2. The Morgan fingerprint density at radius 2 is 1.89 bits per heavy atom. The zero-order valence-corrected chi connectivity index (χ0v) is 18.6. The number of alkyl halides is 2. The number of azide groups is 1. The van der Waals surface area contributed by atoms with Gasteiger partial charge in [-0.1, -0.05) is 47.6 Å². The Morgan fingerprint density at radius 1 is 1.14 bits per heavy atom. The number of fused-ring (bicyclic) bond motifs is 4. The fraction of sp³-hybridized carbons (Fsp3) is 0.375. The van der Waals surface area contributed by atoms with Crippen molar-refractivity contribution in [1.82, 2.24) is 10.2 Å². The van der Waals surface area contributed by atoms with Gasteiger partial charge in [0.2, 0.25) is 17.7 Å². The van der Waals surface area contributed by atoms with Crippen LogP contribution < -0.4 is 11.1 Å². The maximum atomic E-state index is 14.7. The minimum absolute atomic E-state index is 0.0616. The van der Waals surface area contributed by atoms with E-state index < -0.39 is 35.1 Å². The summed E-state index contributed by atoms with van der Waals surface area (Å²) in [6.45, 7) is -0.156. The van der Waals surface area contributed by atoms with Crippen LogP contribution in [0.2, 0.25) is 0 Å². The summed E-state index contributed by atoms with van der Waals surface area (Å²) in [4.78, 5) is 41.4. The van der Waals surface area contributed by atoms with Crippen LogP contribution in [0.5, 0.6) is 0 Å². The highest BCUT2D eigenvalue weighted by atomic mass is 19.3. The van der Waals surface area contributed by atoms with Crippen LogP contribution in [0.4, 0.5) is 8.78 Å². The second-order valence-corrected chi connectivity index (χ2v) is 9.35. The highest BCUT2D eigenvalue weighted by Gasteiger charge is 2.66. The van der Waals surface area contributed by atoms with E-state index in [1.807, 2.05) is 0 Å². The number of hydrogen-bond acceptors (Lipinski definition) is 4. The zero-order valence-electron chi connectivity index (χ0n) is 18.6. The Hall–Kier alpha value is -3.98. The fourth-order valence-corrected chi connectivity index (χ4v) is 5.48. The standard InChI is InChI=1S/C24H22F2N6O3/c25-24(26)16-4-2-1-3-14(16)15-7-13(5-6-17(15)24)8-20(33)29-11-21(34)32-18(22(27)35)9-23(10-19(23)32)12-30-31-28/h1-7,18-19H,8-12H2,(H2,27,35)(H,29,33)/t18-,19?,23+/m0/s1. The lowest BCUT2D eigenvalue weighted by Crippen LogP contribution is -2.49. The minimum Gasteiger partial charge on any atom is -0.368 e. The third-order valence-corrected chi connectivity index (χ3v) is 7.26. The van der Waals surface area contributed by atoms with E-state index in [2.05, 4.69) is 15.3 Å². The van der Waals surface area contributed by atoms with Crippen molar-refractivity contribution in [2.75, 3.05) is 13.1 Å². The average molecular weight is 480 g/mol. The molecule has 3 amide bonds. The molecule has 9 nitrogen and oxygen atoms in total. The molecule has 1 heterocycles. The van der Waals surface area contributed by atoms with Gasteiger partial charge in [-0.15, -0.1) is 0 Å². The van der Waals surface area contributed by atoms with Crippen molar-refractivity contribution in [1.29, 1.82) is 0 Å². The minimum atomic E-state index is -3.09. The van der Waals surface area contributed by atoms with E-state index >= 15 is 0 Å². The summed E-state index contributed by atoms with van der Waals surface area (Å²) in [6.07, 6.45) is 0.835. The zero-order chi connectivity index (χ0) is 25.0. The number of carbonyl (C=O) groups is 3. The maximum absolute atomic E-state index is 14.7. The Bertz CT molecular complexity index is 1310. The van der Waals surface area contributed by atoms with Crippen LogP contribution in [-0.2, 0) is 26.7 Å². The number of piperidine rings is 1. The molecule has 180 valence electrons. The number of nitrogens with zero attached hydrogens (tertiary/aromatic N) is 4. The van der Waals surface area contributed by atoms with Crippen molar-refractivity contribution in [3.63, 3.8) is 0 Å². The van der Waals surface area contributed by atoms with Gasteiger partial charge < -0.3 is 16.0 Å². The predicted molar refractivity (Wildman–Crippen MR) is 121 cm³/mol. The Kier molecular flexibility index (Phi) is 5.25. The molecule has 35 heavy (non-hydrogen) atoms. The highest BCUT2D eigenvalue weighted by Crippen LogP contribution is 2.59. The second kappa shape index (κ2) is 8.06. The third-order valence-electron chi connectivity index (χ3n) is 7.26.